The number of ether oxygens (including phenoxy) is 2. The largest absolute Gasteiger partial charge is 3.00 e. The Morgan fingerprint density at radius 3 is 1.52 bits per heavy atom. The summed E-state index contributed by atoms with van der Waals surface area (Å²) in [6.07, 6.45) is 3.04. The molecule has 0 atom stereocenters. The topological polar surface area (TPSA) is 129 Å². The average molecular weight is 440 g/mol. The SMILES string of the molecule is CC(=O)[O-].COc1ccc(C=NCCN=Cc2ccc(OC)cc2[O-])c([O-])c1.[Mn+3]. The fraction of sp³-hybridized carbons (Fsp3) is 0.250. The molecule has 9 heteroatoms. The van der Waals surface area contributed by atoms with Crippen molar-refractivity contribution in [3.8, 4) is 23.0 Å². The fourth-order valence-electron chi connectivity index (χ4n) is 1.94. The second-order valence-electron chi connectivity index (χ2n) is 5.37. The molecular weight excluding hydrogens is 419 g/mol. The van der Waals surface area contributed by atoms with Gasteiger partial charge in [0.2, 0.25) is 0 Å². The predicted octanol–water partition coefficient (Wildman–Crippen LogP) is 0.143. The van der Waals surface area contributed by atoms with Gasteiger partial charge in [0.25, 0.3) is 0 Å². The van der Waals surface area contributed by atoms with E-state index in [-0.39, 0.29) is 28.6 Å². The normalized spacial score (nSPS) is 10.2. The van der Waals surface area contributed by atoms with Crippen molar-refractivity contribution in [2.24, 2.45) is 9.98 Å². The van der Waals surface area contributed by atoms with Crippen LogP contribution in [0.5, 0.6) is 23.0 Å². The van der Waals surface area contributed by atoms with E-state index in [1.54, 1.807) is 24.3 Å². The third-order valence-electron chi connectivity index (χ3n) is 3.26. The summed E-state index contributed by atoms with van der Waals surface area (Å²) in [7, 11) is 3.02. The molecule has 154 valence electrons. The molecule has 29 heavy (non-hydrogen) atoms. The van der Waals surface area contributed by atoms with Gasteiger partial charge in [0.05, 0.1) is 27.3 Å². The van der Waals surface area contributed by atoms with E-state index in [1.807, 2.05) is 0 Å². The fourth-order valence-corrected chi connectivity index (χ4v) is 1.94. The van der Waals surface area contributed by atoms with E-state index in [9.17, 15) is 10.2 Å². The summed E-state index contributed by atoms with van der Waals surface area (Å²) in [5.41, 5.74) is 0.994. The van der Waals surface area contributed by atoms with Crippen LogP contribution in [-0.2, 0) is 21.9 Å². The molecule has 0 bridgehead atoms. The molecule has 2 aromatic rings. The Bertz CT molecular complexity index is 772. The minimum atomic E-state index is -1.08. The van der Waals surface area contributed by atoms with Gasteiger partial charge in [0, 0.05) is 18.4 Å². The number of carbonyl (C=O) groups is 1. The number of aliphatic imine (C=N–C) groups is 2. The van der Waals surface area contributed by atoms with E-state index in [0.29, 0.717) is 35.7 Å². The number of hydrogen-bond donors (Lipinski definition) is 0. The van der Waals surface area contributed by atoms with Crippen LogP contribution in [0.2, 0.25) is 0 Å². The van der Waals surface area contributed by atoms with Gasteiger partial charge in [-0.1, -0.05) is 23.6 Å². The molecule has 8 nitrogen and oxygen atoms in total. The monoisotopic (exact) mass is 440 g/mol. The Morgan fingerprint density at radius 2 is 1.24 bits per heavy atom. The van der Waals surface area contributed by atoms with Crippen molar-refractivity contribution in [2.75, 3.05) is 27.3 Å². The van der Waals surface area contributed by atoms with Crippen LogP contribution in [-0.4, -0.2) is 45.7 Å². The van der Waals surface area contributed by atoms with E-state index < -0.39 is 5.97 Å². The number of methoxy groups -OCH3 is 2. The van der Waals surface area contributed by atoms with Crippen LogP contribution < -0.4 is 24.8 Å². The molecule has 0 aromatic heterocycles. The van der Waals surface area contributed by atoms with E-state index >= 15 is 0 Å². The van der Waals surface area contributed by atoms with Gasteiger partial charge in [-0.15, -0.1) is 0 Å². The van der Waals surface area contributed by atoms with Crippen LogP contribution >= 0.6 is 0 Å². The van der Waals surface area contributed by atoms with E-state index in [0.717, 1.165) is 6.92 Å². The van der Waals surface area contributed by atoms with Crippen molar-refractivity contribution in [1.82, 2.24) is 0 Å². The van der Waals surface area contributed by atoms with Gasteiger partial charge < -0.3 is 29.6 Å². The standard InChI is InChI=1S/C18H20N2O4.C2H4O2.Mn/c1-23-15-5-3-13(17(21)9-15)11-19-7-8-20-12-14-4-6-16(24-2)10-18(14)22;1-2(3)4;/h3-6,9-12,21-22H,7-8H2,1-2H3;1H3,(H,3,4);/q;;+3/p-3. The van der Waals surface area contributed by atoms with Crippen molar-refractivity contribution < 1.29 is 46.7 Å². The van der Waals surface area contributed by atoms with E-state index in [4.69, 9.17) is 19.4 Å². The summed E-state index contributed by atoms with van der Waals surface area (Å²) in [5.74, 6) is -0.323. The van der Waals surface area contributed by atoms with Crippen molar-refractivity contribution >= 4 is 18.4 Å². The zero-order valence-electron chi connectivity index (χ0n) is 16.3. The van der Waals surface area contributed by atoms with Gasteiger partial charge in [-0.05, 0) is 42.3 Å². The third-order valence-corrected chi connectivity index (χ3v) is 3.26. The summed E-state index contributed by atoms with van der Waals surface area (Å²) in [4.78, 5) is 17.2. The van der Waals surface area contributed by atoms with Gasteiger partial charge in [-0.3, -0.25) is 9.98 Å². The van der Waals surface area contributed by atoms with Crippen molar-refractivity contribution in [3.63, 3.8) is 0 Å². The van der Waals surface area contributed by atoms with E-state index in [2.05, 4.69) is 9.98 Å². The molecular formula is C20H21MnN2O6. The van der Waals surface area contributed by atoms with Crippen LogP contribution in [0.4, 0.5) is 0 Å². The molecule has 0 spiro atoms. The number of carboxylic acids is 1. The Labute approximate surface area is 180 Å². The number of rotatable bonds is 7. The average Bonchev–Trinajstić information content (AvgIpc) is 2.66. The molecule has 0 aliphatic rings. The zero-order valence-corrected chi connectivity index (χ0v) is 17.4. The first-order valence-electron chi connectivity index (χ1n) is 8.24. The van der Waals surface area contributed by atoms with Crippen LogP contribution in [0.15, 0.2) is 46.4 Å². The minimum Gasteiger partial charge on any atom is -0.872 e. The number of hydrogen-bond acceptors (Lipinski definition) is 8. The summed E-state index contributed by atoms with van der Waals surface area (Å²) in [5, 5.41) is 32.4. The molecule has 0 amide bonds. The first-order valence-corrected chi connectivity index (χ1v) is 8.24. The maximum atomic E-state index is 11.7. The van der Waals surface area contributed by atoms with Gasteiger partial charge in [-0.2, -0.15) is 0 Å². The van der Waals surface area contributed by atoms with Crippen LogP contribution in [0.3, 0.4) is 0 Å². The van der Waals surface area contributed by atoms with Crippen LogP contribution in [0, 0.1) is 0 Å². The molecule has 0 fully saturated rings. The second kappa shape index (κ2) is 14.0. The number of carboxylic acid groups (broad SMARTS) is 1. The summed E-state index contributed by atoms with van der Waals surface area (Å²) >= 11 is 0. The maximum absolute atomic E-state index is 11.7. The van der Waals surface area contributed by atoms with Crippen molar-refractivity contribution in [1.29, 1.82) is 0 Å². The molecule has 0 radical (unpaired) electrons. The number of benzene rings is 2. The second-order valence-corrected chi connectivity index (χ2v) is 5.37. The number of nitrogens with zero attached hydrogens (tertiary/aromatic N) is 2. The zero-order chi connectivity index (χ0) is 20.9. The molecule has 0 aliphatic heterocycles. The summed E-state index contributed by atoms with van der Waals surface area (Å²) < 4.78 is 9.95. The maximum Gasteiger partial charge on any atom is 3.00 e. The first-order chi connectivity index (χ1) is 13.4. The van der Waals surface area contributed by atoms with Crippen LogP contribution in [0.1, 0.15) is 18.1 Å². The number of aliphatic carboxylic acids is 1. The van der Waals surface area contributed by atoms with Gasteiger partial charge >= 0.3 is 17.1 Å². The van der Waals surface area contributed by atoms with Gasteiger partial charge in [-0.25, -0.2) is 0 Å². The van der Waals surface area contributed by atoms with E-state index in [1.165, 1.54) is 38.8 Å². The molecule has 0 N–H and O–H groups in total. The molecule has 0 saturated heterocycles. The predicted molar refractivity (Wildman–Crippen MR) is 100 cm³/mol. The van der Waals surface area contributed by atoms with Crippen molar-refractivity contribution in [3.05, 3.63) is 47.5 Å². The van der Waals surface area contributed by atoms with Crippen LogP contribution in [0.25, 0.3) is 0 Å². The first kappa shape index (κ1) is 26.0. The molecule has 0 aliphatic carbocycles. The third kappa shape index (κ3) is 10.2. The summed E-state index contributed by atoms with van der Waals surface area (Å²) in [6.45, 7) is 1.82. The molecule has 2 rings (SSSR count). The van der Waals surface area contributed by atoms with Crippen molar-refractivity contribution in [2.45, 2.75) is 6.92 Å². The quantitative estimate of drug-likeness (QED) is 0.342. The molecule has 0 heterocycles. The molecule has 0 unspecified atom stereocenters. The Morgan fingerprint density at radius 1 is 0.897 bits per heavy atom. The molecule has 0 saturated carbocycles. The van der Waals surface area contributed by atoms with Gasteiger partial charge in [0.1, 0.15) is 11.5 Å². The minimum absolute atomic E-state index is 0. The summed E-state index contributed by atoms with van der Waals surface area (Å²) in [6, 6.07) is 9.57. The smallest absolute Gasteiger partial charge is 0.872 e. The molecule has 2 aromatic carbocycles. The Hall–Kier alpha value is -3.03. The number of carbonyl (C=O) groups excluding carboxylic acids is 1. The Balaban J connectivity index is 0.00000143. The van der Waals surface area contributed by atoms with Gasteiger partial charge in [0.15, 0.2) is 0 Å². The Kier molecular flexibility index (Phi) is 12.6.